The van der Waals surface area contributed by atoms with Crippen LogP contribution in [0.1, 0.15) is 33.6 Å². The van der Waals surface area contributed by atoms with Crippen molar-refractivity contribution in [3.63, 3.8) is 0 Å². The molecule has 3 unspecified atom stereocenters. The SMILES string of the molecule is C=C(C)C1NC(CC)CC1C. The predicted molar refractivity (Wildman–Crippen MR) is 49.6 cm³/mol. The van der Waals surface area contributed by atoms with Crippen molar-refractivity contribution in [2.45, 2.75) is 45.7 Å². The van der Waals surface area contributed by atoms with Gasteiger partial charge in [0.15, 0.2) is 0 Å². The molecule has 0 spiro atoms. The lowest BCUT2D eigenvalue weighted by molar-refractivity contribution is 0.538. The van der Waals surface area contributed by atoms with Crippen molar-refractivity contribution in [1.82, 2.24) is 5.32 Å². The molecule has 1 aliphatic rings. The second kappa shape index (κ2) is 3.40. The van der Waals surface area contributed by atoms with Crippen LogP contribution < -0.4 is 5.32 Å². The second-order valence-corrected chi connectivity index (χ2v) is 3.81. The van der Waals surface area contributed by atoms with E-state index < -0.39 is 0 Å². The molecule has 11 heavy (non-hydrogen) atoms. The van der Waals surface area contributed by atoms with Crippen LogP contribution >= 0.6 is 0 Å². The van der Waals surface area contributed by atoms with Crippen LogP contribution in [-0.4, -0.2) is 12.1 Å². The quantitative estimate of drug-likeness (QED) is 0.600. The molecule has 1 nitrogen and oxygen atoms in total. The summed E-state index contributed by atoms with van der Waals surface area (Å²) >= 11 is 0. The number of hydrogen-bond donors (Lipinski definition) is 1. The summed E-state index contributed by atoms with van der Waals surface area (Å²) < 4.78 is 0. The van der Waals surface area contributed by atoms with Gasteiger partial charge in [0.2, 0.25) is 0 Å². The van der Waals surface area contributed by atoms with Gasteiger partial charge in [-0.2, -0.15) is 0 Å². The monoisotopic (exact) mass is 153 g/mol. The molecule has 1 rings (SSSR count). The fourth-order valence-corrected chi connectivity index (χ4v) is 1.98. The maximum absolute atomic E-state index is 3.99. The number of rotatable bonds is 2. The van der Waals surface area contributed by atoms with Gasteiger partial charge in [-0.3, -0.25) is 0 Å². The molecule has 0 radical (unpaired) electrons. The molecular formula is C10H19N. The van der Waals surface area contributed by atoms with E-state index in [4.69, 9.17) is 0 Å². The zero-order valence-electron chi connectivity index (χ0n) is 7.85. The average molecular weight is 153 g/mol. The van der Waals surface area contributed by atoms with Gasteiger partial charge in [-0.15, -0.1) is 0 Å². The van der Waals surface area contributed by atoms with Crippen LogP contribution in [0.3, 0.4) is 0 Å². The van der Waals surface area contributed by atoms with Gasteiger partial charge in [0.1, 0.15) is 0 Å². The van der Waals surface area contributed by atoms with Crippen LogP contribution in [0.4, 0.5) is 0 Å². The number of hydrogen-bond acceptors (Lipinski definition) is 1. The zero-order chi connectivity index (χ0) is 8.43. The Morgan fingerprint density at radius 3 is 2.55 bits per heavy atom. The first-order chi connectivity index (χ1) is 5.15. The maximum atomic E-state index is 3.99. The standard InChI is InChI=1S/C10H19N/c1-5-9-6-8(4)10(11-9)7(2)3/h8-11H,2,5-6H2,1,3-4H3. The summed E-state index contributed by atoms with van der Waals surface area (Å²) in [6.45, 7) is 10.7. The third-order valence-corrected chi connectivity index (χ3v) is 2.66. The minimum Gasteiger partial charge on any atom is -0.307 e. The average Bonchev–Trinajstić information content (AvgIpc) is 2.30. The highest BCUT2D eigenvalue weighted by Crippen LogP contribution is 2.25. The summed E-state index contributed by atoms with van der Waals surface area (Å²) in [7, 11) is 0. The highest BCUT2D eigenvalue weighted by Gasteiger charge is 2.29. The summed E-state index contributed by atoms with van der Waals surface area (Å²) in [5.74, 6) is 0.775. The smallest absolute Gasteiger partial charge is 0.0302 e. The van der Waals surface area contributed by atoms with Crippen LogP contribution in [0.15, 0.2) is 12.2 Å². The van der Waals surface area contributed by atoms with E-state index in [1.54, 1.807) is 0 Å². The first-order valence-corrected chi connectivity index (χ1v) is 4.56. The van der Waals surface area contributed by atoms with Crippen molar-refractivity contribution in [3.8, 4) is 0 Å². The Morgan fingerprint density at radius 2 is 2.27 bits per heavy atom. The molecule has 0 aliphatic carbocycles. The number of nitrogens with one attached hydrogen (secondary N) is 1. The normalized spacial score (nSPS) is 37.5. The van der Waals surface area contributed by atoms with Crippen molar-refractivity contribution in [3.05, 3.63) is 12.2 Å². The highest BCUT2D eigenvalue weighted by atomic mass is 15.0. The van der Waals surface area contributed by atoms with Crippen LogP contribution in [-0.2, 0) is 0 Å². The minimum absolute atomic E-state index is 0.569. The van der Waals surface area contributed by atoms with Gasteiger partial charge < -0.3 is 5.32 Å². The van der Waals surface area contributed by atoms with Crippen molar-refractivity contribution < 1.29 is 0 Å². The molecule has 0 bridgehead atoms. The molecule has 0 saturated carbocycles. The largest absolute Gasteiger partial charge is 0.307 e. The molecule has 0 aromatic carbocycles. The van der Waals surface area contributed by atoms with Crippen LogP contribution in [0.2, 0.25) is 0 Å². The van der Waals surface area contributed by atoms with E-state index in [0.29, 0.717) is 6.04 Å². The molecule has 1 fully saturated rings. The minimum atomic E-state index is 0.569. The Balaban J connectivity index is 2.51. The van der Waals surface area contributed by atoms with Crippen molar-refractivity contribution in [1.29, 1.82) is 0 Å². The molecule has 1 heteroatoms. The second-order valence-electron chi connectivity index (χ2n) is 3.81. The molecule has 3 atom stereocenters. The van der Waals surface area contributed by atoms with Crippen LogP contribution in [0, 0.1) is 5.92 Å². The Labute approximate surface area is 69.9 Å². The first-order valence-electron chi connectivity index (χ1n) is 4.56. The van der Waals surface area contributed by atoms with Crippen molar-refractivity contribution in [2.75, 3.05) is 0 Å². The van der Waals surface area contributed by atoms with Crippen LogP contribution in [0.5, 0.6) is 0 Å². The molecule has 1 aliphatic heterocycles. The lowest BCUT2D eigenvalue weighted by Crippen LogP contribution is -2.31. The van der Waals surface area contributed by atoms with E-state index in [2.05, 4.69) is 32.7 Å². The fraction of sp³-hybridized carbons (Fsp3) is 0.800. The topological polar surface area (TPSA) is 12.0 Å². The van der Waals surface area contributed by atoms with Crippen molar-refractivity contribution >= 4 is 0 Å². The van der Waals surface area contributed by atoms with Gasteiger partial charge in [-0.1, -0.05) is 26.0 Å². The van der Waals surface area contributed by atoms with E-state index in [9.17, 15) is 0 Å². The summed E-state index contributed by atoms with van der Waals surface area (Å²) in [5, 5.41) is 3.59. The first kappa shape index (κ1) is 8.79. The summed E-state index contributed by atoms with van der Waals surface area (Å²) in [6, 6.07) is 1.30. The summed E-state index contributed by atoms with van der Waals surface area (Å²) in [6.07, 6.45) is 2.56. The molecule has 1 N–H and O–H groups in total. The summed E-state index contributed by atoms with van der Waals surface area (Å²) in [4.78, 5) is 0. The van der Waals surface area contributed by atoms with E-state index in [1.807, 2.05) is 0 Å². The predicted octanol–water partition coefficient (Wildman–Crippen LogP) is 2.34. The lowest BCUT2D eigenvalue weighted by Gasteiger charge is -2.15. The zero-order valence-corrected chi connectivity index (χ0v) is 7.85. The van der Waals surface area contributed by atoms with E-state index in [1.165, 1.54) is 18.4 Å². The van der Waals surface area contributed by atoms with Gasteiger partial charge in [-0.25, -0.2) is 0 Å². The lowest BCUT2D eigenvalue weighted by atomic mass is 9.97. The molecule has 0 amide bonds. The van der Waals surface area contributed by atoms with Gasteiger partial charge in [0.05, 0.1) is 0 Å². The van der Waals surface area contributed by atoms with Gasteiger partial charge in [0.25, 0.3) is 0 Å². The third kappa shape index (κ3) is 1.84. The third-order valence-electron chi connectivity index (χ3n) is 2.66. The van der Waals surface area contributed by atoms with Crippen LogP contribution in [0.25, 0.3) is 0 Å². The molecule has 64 valence electrons. The Morgan fingerprint density at radius 1 is 1.64 bits per heavy atom. The van der Waals surface area contributed by atoms with E-state index in [0.717, 1.165) is 12.0 Å². The van der Waals surface area contributed by atoms with E-state index >= 15 is 0 Å². The van der Waals surface area contributed by atoms with Gasteiger partial charge in [0, 0.05) is 12.1 Å². The van der Waals surface area contributed by atoms with Gasteiger partial charge >= 0.3 is 0 Å². The Bertz CT molecular complexity index is 151. The molecule has 1 heterocycles. The summed E-state index contributed by atoms with van der Waals surface area (Å²) in [5.41, 5.74) is 1.29. The molecule has 0 aromatic rings. The van der Waals surface area contributed by atoms with E-state index in [-0.39, 0.29) is 0 Å². The highest BCUT2D eigenvalue weighted by molar-refractivity contribution is 5.08. The maximum Gasteiger partial charge on any atom is 0.0302 e. The fourth-order valence-electron chi connectivity index (χ4n) is 1.98. The molecular weight excluding hydrogens is 134 g/mol. The molecule has 1 saturated heterocycles. The van der Waals surface area contributed by atoms with Gasteiger partial charge in [-0.05, 0) is 25.7 Å². The van der Waals surface area contributed by atoms with Crippen molar-refractivity contribution in [2.24, 2.45) is 5.92 Å². The molecule has 0 aromatic heterocycles. The Hall–Kier alpha value is -0.300. The Kier molecular flexibility index (Phi) is 2.72.